The molecule has 0 aliphatic carbocycles. The zero-order chi connectivity index (χ0) is 19.9. The molecular weight excluding hydrogens is 450 g/mol. The van der Waals surface area contributed by atoms with Gasteiger partial charge in [0.05, 0.1) is 0 Å². The van der Waals surface area contributed by atoms with E-state index in [1.807, 2.05) is 33.8 Å². The number of aromatic amines is 1. The Morgan fingerprint density at radius 3 is 2.72 bits per heavy atom. The number of ether oxygens (including phenoxy) is 1. The fraction of sp³-hybridized carbons (Fsp3) is 0.316. The van der Waals surface area contributed by atoms with Crippen molar-refractivity contribution in [2.24, 2.45) is 0 Å². The van der Waals surface area contributed by atoms with E-state index >= 15 is 0 Å². The molecule has 0 aliphatic rings. The van der Waals surface area contributed by atoms with E-state index in [-0.39, 0.29) is 56.1 Å². The third-order valence-corrected chi connectivity index (χ3v) is 4.24. The molecule has 0 saturated carbocycles. The molecule has 10 heteroatoms. The summed E-state index contributed by atoms with van der Waals surface area (Å²) in [6.45, 7) is 8.15. The first-order chi connectivity index (χ1) is 13.3. The summed E-state index contributed by atoms with van der Waals surface area (Å²) in [6.07, 6.45) is 1.41. The summed E-state index contributed by atoms with van der Waals surface area (Å²) >= 11 is 0. The van der Waals surface area contributed by atoms with E-state index in [4.69, 9.17) is 4.74 Å². The van der Waals surface area contributed by atoms with Gasteiger partial charge in [0.15, 0.2) is 11.5 Å². The molecule has 0 bridgehead atoms. The van der Waals surface area contributed by atoms with E-state index in [0.717, 1.165) is 11.1 Å². The minimum absolute atomic E-state index is 0. The van der Waals surface area contributed by atoms with Crippen LogP contribution in [-0.4, -0.2) is 35.0 Å². The molecule has 0 atom stereocenters. The normalized spacial score (nSPS) is 11.5. The molecule has 29 heavy (non-hydrogen) atoms. The van der Waals surface area contributed by atoms with Gasteiger partial charge in [0, 0.05) is 44.1 Å². The van der Waals surface area contributed by atoms with Crippen LogP contribution in [0.1, 0.15) is 37.7 Å². The van der Waals surface area contributed by atoms with Gasteiger partial charge in [-0.1, -0.05) is 33.3 Å². The van der Waals surface area contributed by atoms with Crippen molar-refractivity contribution < 1.29 is 41.8 Å². The third kappa shape index (κ3) is 4.35. The Morgan fingerprint density at radius 2 is 2.03 bits per heavy atom. The molecule has 147 valence electrons. The first-order valence-electron chi connectivity index (χ1n) is 8.76. The van der Waals surface area contributed by atoms with E-state index in [9.17, 15) is 4.39 Å². The van der Waals surface area contributed by atoms with Gasteiger partial charge >= 0.3 is 0 Å². The molecule has 0 unspecified atom stereocenters. The molecule has 1 aromatic carbocycles. The van der Waals surface area contributed by atoms with Gasteiger partial charge in [-0.05, 0) is 11.5 Å². The van der Waals surface area contributed by atoms with Crippen molar-refractivity contribution in [3.8, 4) is 17.3 Å². The number of halogens is 1. The molecule has 3 heterocycles. The smallest absolute Gasteiger partial charge is 0.235 e. The summed E-state index contributed by atoms with van der Waals surface area (Å²) in [7, 11) is 0. The van der Waals surface area contributed by atoms with E-state index in [1.165, 1.54) is 16.9 Å². The maximum atomic E-state index is 14.4. The Morgan fingerprint density at radius 1 is 1.24 bits per heavy atom. The van der Waals surface area contributed by atoms with Crippen LogP contribution >= 0.6 is 0 Å². The molecule has 0 saturated heterocycles. The van der Waals surface area contributed by atoms with Gasteiger partial charge < -0.3 is 4.74 Å². The van der Waals surface area contributed by atoms with Crippen molar-refractivity contribution in [1.29, 1.82) is 0 Å². The Hall–Kier alpha value is -2.26. The molecule has 0 amide bonds. The zero-order valence-electron chi connectivity index (χ0n) is 16.6. The molecule has 3 aromatic heterocycles. The molecule has 0 spiro atoms. The van der Waals surface area contributed by atoms with Crippen LogP contribution in [0, 0.1) is 18.8 Å². The molecule has 8 nitrogen and oxygen atoms in total. The number of aryl methyl sites for hydroxylation is 1. The van der Waals surface area contributed by atoms with Crippen LogP contribution in [-0.2, 0) is 44.7 Å². The number of rotatable bonds is 4. The average Bonchev–Trinajstić information content (AvgIpc) is 3.29. The quantitative estimate of drug-likeness (QED) is 0.462. The summed E-state index contributed by atoms with van der Waals surface area (Å²) in [5.41, 5.74) is 2.11. The van der Waals surface area contributed by atoms with Crippen LogP contribution in [0.25, 0.3) is 17.0 Å². The van der Waals surface area contributed by atoms with E-state index in [0.29, 0.717) is 17.4 Å². The number of hydrogen-bond donors (Lipinski definition) is 1. The molecule has 0 fully saturated rings. The van der Waals surface area contributed by atoms with Crippen LogP contribution in [0.2, 0.25) is 0 Å². The summed E-state index contributed by atoms with van der Waals surface area (Å²) in [5, 5.41) is 19.4. The van der Waals surface area contributed by atoms with E-state index < -0.39 is 5.82 Å². The number of benzene rings is 1. The minimum atomic E-state index is -0.439. The van der Waals surface area contributed by atoms with Crippen molar-refractivity contribution in [2.45, 2.75) is 39.7 Å². The fourth-order valence-electron chi connectivity index (χ4n) is 2.80. The van der Waals surface area contributed by atoms with Gasteiger partial charge in [-0.15, -0.1) is 34.0 Å². The molecule has 0 aliphatic heterocycles. The van der Waals surface area contributed by atoms with Gasteiger partial charge in [0.2, 0.25) is 5.88 Å². The van der Waals surface area contributed by atoms with Crippen molar-refractivity contribution in [3.63, 3.8) is 0 Å². The molecule has 4 aromatic rings. The predicted molar refractivity (Wildman–Crippen MR) is 99.2 cm³/mol. The Kier molecular flexibility index (Phi) is 6.09. The second-order valence-electron chi connectivity index (χ2n) is 7.49. The van der Waals surface area contributed by atoms with Crippen LogP contribution in [0.4, 0.5) is 4.39 Å². The van der Waals surface area contributed by atoms with Crippen molar-refractivity contribution in [1.82, 2.24) is 35.0 Å². The topological polar surface area (TPSA) is 93.9 Å². The van der Waals surface area contributed by atoms with Crippen LogP contribution in [0.3, 0.4) is 0 Å². The third-order valence-electron chi connectivity index (χ3n) is 4.24. The number of fused-ring (bicyclic) bond motifs is 1. The summed E-state index contributed by atoms with van der Waals surface area (Å²) in [5.74, 6) is 0.793. The van der Waals surface area contributed by atoms with Crippen molar-refractivity contribution in [2.75, 3.05) is 0 Å². The molecule has 1 N–H and O–H groups in total. The molecule has 1 radical (unpaired) electrons. The largest absolute Gasteiger partial charge is 0.468 e. The molecular formula is C19H19FN7OY-. The fourth-order valence-corrected chi connectivity index (χ4v) is 2.80. The van der Waals surface area contributed by atoms with Gasteiger partial charge in [-0.25, -0.2) is 9.50 Å². The van der Waals surface area contributed by atoms with Gasteiger partial charge in [0.1, 0.15) is 18.8 Å². The summed E-state index contributed by atoms with van der Waals surface area (Å²) in [4.78, 5) is 4.06. The first kappa shape index (κ1) is 21.5. The standard InChI is InChI=1S/C19H19FN7O.Y/c1-11-5-6-14(20)12(7-11)17-25-24-16-8-13(19(2,3)4)18(26-27(16)17)28-9-15-21-10-22-23-15;/h5-6,8,10H,9H2,1-4H3,(H,21,22,23);/q-1;. The Balaban J connectivity index is 0.00000240. The Bertz CT molecular complexity index is 1140. The van der Waals surface area contributed by atoms with E-state index in [2.05, 4.69) is 36.5 Å². The number of nitrogens with one attached hydrogen (secondary N) is 1. The SMILES string of the molecule is Cc1[c-]c(-c2nnc3cc(C(C)(C)C)c(OCc4ncn[nH]4)nn23)c(F)cc1.[Y]. The predicted octanol–water partition coefficient (Wildman–Crippen LogP) is 3.03. The second-order valence-corrected chi connectivity index (χ2v) is 7.49. The number of H-pyrrole nitrogens is 1. The van der Waals surface area contributed by atoms with Crippen molar-refractivity contribution >= 4 is 5.65 Å². The van der Waals surface area contributed by atoms with Gasteiger partial charge in [-0.3, -0.25) is 9.49 Å². The molecule has 4 rings (SSSR count). The number of hydrogen-bond acceptors (Lipinski definition) is 6. The van der Waals surface area contributed by atoms with Crippen LogP contribution in [0.15, 0.2) is 24.5 Å². The number of nitrogens with zero attached hydrogens (tertiary/aromatic N) is 6. The first-order valence-corrected chi connectivity index (χ1v) is 8.76. The van der Waals surface area contributed by atoms with Gasteiger partial charge in [0.25, 0.3) is 0 Å². The number of aromatic nitrogens is 7. The van der Waals surface area contributed by atoms with Crippen LogP contribution in [0.5, 0.6) is 5.88 Å². The van der Waals surface area contributed by atoms with Crippen molar-refractivity contribution in [3.05, 3.63) is 53.4 Å². The van der Waals surface area contributed by atoms with Gasteiger partial charge in [-0.2, -0.15) is 10.2 Å². The maximum Gasteiger partial charge on any atom is 0.235 e. The second kappa shape index (κ2) is 8.24. The average molecular weight is 469 g/mol. The maximum absolute atomic E-state index is 14.4. The minimum Gasteiger partial charge on any atom is -0.468 e. The summed E-state index contributed by atoms with van der Waals surface area (Å²) < 4.78 is 21.7. The van der Waals surface area contributed by atoms with Crippen LogP contribution < -0.4 is 4.74 Å². The van der Waals surface area contributed by atoms with E-state index in [1.54, 1.807) is 6.07 Å². The zero-order valence-corrected chi connectivity index (χ0v) is 19.4. The summed E-state index contributed by atoms with van der Waals surface area (Å²) in [6, 6.07) is 7.87. The Labute approximate surface area is 192 Å². The monoisotopic (exact) mass is 469 g/mol.